The van der Waals surface area contributed by atoms with Gasteiger partial charge in [-0.15, -0.1) is 0 Å². The molecule has 3 N–H and O–H groups in total. The molecule has 52 heavy (non-hydrogen) atoms. The number of aliphatic hydroxyl groups is 1. The van der Waals surface area contributed by atoms with E-state index in [0.717, 1.165) is 0 Å². The number of carbonyl (C=O) groups excluding carboxylic acids is 3. The lowest BCUT2D eigenvalue weighted by atomic mass is 9.86. The van der Waals surface area contributed by atoms with E-state index >= 15 is 0 Å². The Labute approximate surface area is 296 Å². The van der Waals surface area contributed by atoms with Crippen molar-refractivity contribution in [2.45, 2.75) is 58.5 Å². The molecule has 1 fully saturated rings. The first kappa shape index (κ1) is 34.5. The van der Waals surface area contributed by atoms with Gasteiger partial charge in [0.15, 0.2) is 5.60 Å². The van der Waals surface area contributed by atoms with Crippen LogP contribution >= 0.6 is 0 Å². The molecule has 0 unspecified atom stereocenters. The van der Waals surface area contributed by atoms with Gasteiger partial charge in [-0.3, -0.25) is 14.8 Å². The zero-order valence-corrected chi connectivity index (χ0v) is 28.9. The fourth-order valence-corrected chi connectivity index (χ4v) is 6.46. The first-order valence-electron chi connectivity index (χ1n) is 16.6. The molecule has 0 saturated carbocycles. The molecule has 0 bridgehead atoms. The number of nitrogens with one attached hydrogen (secondary N) is 1. The summed E-state index contributed by atoms with van der Waals surface area (Å²) >= 11 is 0. The third kappa shape index (κ3) is 6.06. The van der Waals surface area contributed by atoms with E-state index in [-0.39, 0.29) is 42.0 Å². The number of anilines is 1. The number of rotatable bonds is 6. The Morgan fingerprint density at radius 1 is 1.10 bits per heavy atom. The van der Waals surface area contributed by atoms with Gasteiger partial charge in [-0.05, 0) is 51.5 Å². The molecular weight excluding hydrogens is 676 g/mol. The summed E-state index contributed by atoms with van der Waals surface area (Å²) in [6.07, 6.45) is 3.63. The van der Waals surface area contributed by atoms with Crippen molar-refractivity contribution in [1.82, 2.24) is 29.9 Å². The summed E-state index contributed by atoms with van der Waals surface area (Å²) < 4.78 is 12.6. The first-order chi connectivity index (χ1) is 24.8. The van der Waals surface area contributed by atoms with Crippen LogP contribution in [-0.4, -0.2) is 90.7 Å². The van der Waals surface area contributed by atoms with E-state index in [9.17, 15) is 24.3 Å². The van der Waals surface area contributed by atoms with Crippen LogP contribution in [0, 0.1) is 0 Å². The molecule has 6 heterocycles. The number of hydroxylamine groups is 1. The maximum absolute atomic E-state index is 13.8. The molecule has 1 aromatic carbocycles. The van der Waals surface area contributed by atoms with Crippen LogP contribution in [0.4, 0.5) is 10.7 Å². The average molecular weight is 713 g/mol. The molecule has 270 valence electrons. The monoisotopic (exact) mass is 712 g/mol. The molecular formula is C35H36N8O9. The maximum Gasteiger partial charge on any atom is 0.415 e. The topological polar surface area (TPSA) is 211 Å². The summed E-state index contributed by atoms with van der Waals surface area (Å²) in [6.45, 7) is 8.59. The van der Waals surface area contributed by atoms with Gasteiger partial charge in [0.1, 0.15) is 18.0 Å². The first-order valence-corrected chi connectivity index (χ1v) is 16.6. The van der Waals surface area contributed by atoms with E-state index < -0.39 is 34.7 Å². The highest BCUT2D eigenvalue weighted by atomic mass is 16.6. The van der Waals surface area contributed by atoms with Crippen LogP contribution in [-0.2, 0) is 33.1 Å². The van der Waals surface area contributed by atoms with E-state index in [4.69, 9.17) is 24.5 Å². The number of ether oxygens (including phenoxy) is 2. The summed E-state index contributed by atoms with van der Waals surface area (Å²) in [5.41, 5.74) is 1.84. The van der Waals surface area contributed by atoms with Gasteiger partial charge in [-0.2, -0.15) is 0 Å². The van der Waals surface area contributed by atoms with Crippen LogP contribution in [0.1, 0.15) is 66.7 Å². The van der Waals surface area contributed by atoms with Crippen LogP contribution in [0.25, 0.3) is 22.3 Å². The fourth-order valence-electron chi connectivity index (χ4n) is 6.46. The normalized spacial score (nSPS) is 18.2. The second-order valence-corrected chi connectivity index (χ2v) is 13.6. The predicted molar refractivity (Wildman–Crippen MR) is 184 cm³/mol. The van der Waals surface area contributed by atoms with Gasteiger partial charge in [0.2, 0.25) is 5.95 Å². The van der Waals surface area contributed by atoms with Crippen molar-refractivity contribution in [3.8, 4) is 17.1 Å². The number of amides is 2. The molecule has 1 saturated heterocycles. The number of hydrogen-bond acceptors (Lipinski definition) is 14. The Morgan fingerprint density at radius 2 is 1.83 bits per heavy atom. The molecule has 3 aliphatic rings. The van der Waals surface area contributed by atoms with Gasteiger partial charge in [0.05, 0.1) is 40.8 Å². The Morgan fingerprint density at radius 3 is 2.50 bits per heavy atom. The SMILES string of the molecule is CC[C@@]1(O)C(=O)OCc2c1cc1n(c2=O)Cc2c-1nc1ccc(OC(=O)N3CCN(c4ncc(C(=O)NO)cn4)CC3)cc1c2/C=N\OC(C)(C)C. The largest absolute Gasteiger partial charge is 0.458 e. The Hall–Kier alpha value is -5.94. The van der Waals surface area contributed by atoms with E-state index in [1.807, 2.05) is 25.7 Å². The zero-order valence-electron chi connectivity index (χ0n) is 28.9. The lowest BCUT2D eigenvalue weighted by Gasteiger charge is -2.33. The van der Waals surface area contributed by atoms with Crippen LogP contribution in [0.15, 0.2) is 46.6 Å². The van der Waals surface area contributed by atoms with Crippen LogP contribution in [0.5, 0.6) is 5.75 Å². The number of pyridine rings is 2. The highest BCUT2D eigenvalue weighted by molar-refractivity contribution is 6.03. The molecule has 0 aliphatic carbocycles. The highest BCUT2D eigenvalue weighted by Gasteiger charge is 2.45. The second kappa shape index (κ2) is 13.0. The molecule has 7 rings (SSSR count). The number of piperazine rings is 1. The average Bonchev–Trinajstić information content (AvgIpc) is 3.51. The van der Waals surface area contributed by atoms with Crippen molar-refractivity contribution < 1.29 is 39.0 Å². The Kier molecular flexibility index (Phi) is 8.62. The standard InChI is InChI=1S/C35H36N8O9/c1-5-35(48)25-13-27-28-23(17-43(27)30(45)24(25)18-50-31(35)46)22(16-38-52-34(2,3)4)21-12-20(6-7-26(21)39-28)51-33(47)42-10-8-41(9-11-42)32-36-14-19(15-37-32)29(44)40-49/h6-7,12-16,48-49H,5,8-11,17-18H2,1-4H3,(H,40,44)/b38-16-/t35-/m0/s1. The van der Waals surface area contributed by atoms with Crippen molar-refractivity contribution in [3.63, 3.8) is 0 Å². The van der Waals surface area contributed by atoms with E-state index in [1.165, 1.54) is 17.9 Å². The number of oxime groups is 1. The molecule has 1 atom stereocenters. The molecule has 3 aromatic heterocycles. The van der Waals surface area contributed by atoms with Crippen molar-refractivity contribution in [1.29, 1.82) is 0 Å². The van der Waals surface area contributed by atoms with Crippen LogP contribution < -0.4 is 20.7 Å². The number of nitrogens with zero attached hydrogens (tertiary/aromatic N) is 7. The molecule has 17 nitrogen and oxygen atoms in total. The van der Waals surface area contributed by atoms with Crippen LogP contribution in [0.2, 0.25) is 0 Å². The maximum atomic E-state index is 13.8. The second-order valence-electron chi connectivity index (χ2n) is 13.6. The molecule has 0 radical (unpaired) electrons. The summed E-state index contributed by atoms with van der Waals surface area (Å²) in [7, 11) is 0. The fraction of sp³-hybridized carbons (Fsp3) is 0.371. The third-order valence-corrected chi connectivity index (χ3v) is 9.24. The molecule has 4 aromatic rings. The number of benzene rings is 1. The van der Waals surface area contributed by atoms with Gasteiger partial charge in [-0.25, -0.2) is 30.0 Å². The molecule has 3 aliphatic heterocycles. The number of cyclic esters (lactones) is 1. The summed E-state index contributed by atoms with van der Waals surface area (Å²) in [5, 5.41) is 24.9. The van der Waals surface area contributed by atoms with Gasteiger partial charge >= 0.3 is 12.1 Å². The minimum Gasteiger partial charge on any atom is -0.458 e. The number of carbonyl (C=O) groups is 3. The van der Waals surface area contributed by atoms with Crippen molar-refractivity contribution in [2.75, 3.05) is 31.1 Å². The van der Waals surface area contributed by atoms with E-state index in [2.05, 4.69) is 15.1 Å². The quantitative estimate of drug-likeness (QED) is 0.100. The number of esters is 1. The number of hydrogen-bond donors (Lipinski definition) is 3. The van der Waals surface area contributed by atoms with Crippen molar-refractivity contribution in [2.24, 2.45) is 5.16 Å². The molecule has 0 spiro atoms. The van der Waals surface area contributed by atoms with E-state index in [1.54, 1.807) is 46.9 Å². The smallest absolute Gasteiger partial charge is 0.415 e. The van der Waals surface area contributed by atoms with Gasteiger partial charge < -0.3 is 33.8 Å². The van der Waals surface area contributed by atoms with Gasteiger partial charge in [0.25, 0.3) is 11.5 Å². The zero-order chi connectivity index (χ0) is 36.9. The summed E-state index contributed by atoms with van der Waals surface area (Å²) in [5.74, 6) is -0.873. The third-order valence-electron chi connectivity index (χ3n) is 9.24. The van der Waals surface area contributed by atoms with Gasteiger partial charge in [-0.1, -0.05) is 12.1 Å². The predicted octanol–water partition coefficient (Wildman–Crippen LogP) is 2.46. The number of aromatic nitrogens is 4. The summed E-state index contributed by atoms with van der Waals surface area (Å²) in [4.78, 5) is 73.7. The minimum atomic E-state index is -1.96. The van der Waals surface area contributed by atoms with Crippen molar-refractivity contribution in [3.05, 3.63) is 74.8 Å². The van der Waals surface area contributed by atoms with Crippen molar-refractivity contribution >= 4 is 41.0 Å². The lowest BCUT2D eigenvalue weighted by Crippen LogP contribution is -2.50. The van der Waals surface area contributed by atoms with Gasteiger partial charge in [0, 0.05) is 60.6 Å². The highest BCUT2D eigenvalue weighted by Crippen LogP contribution is 2.40. The van der Waals surface area contributed by atoms with Crippen LogP contribution in [0.3, 0.4) is 0 Å². The van der Waals surface area contributed by atoms with E-state index in [0.29, 0.717) is 65.5 Å². The Bertz CT molecular complexity index is 2210. The number of fused-ring (bicyclic) bond motifs is 5. The molecule has 2 amide bonds. The molecule has 17 heteroatoms. The minimum absolute atomic E-state index is 0.0224. The summed E-state index contributed by atoms with van der Waals surface area (Å²) in [6, 6.07) is 6.66. The Balaban J connectivity index is 1.18. The lowest BCUT2D eigenvalue weighted by molar-refractivity contribution is -0.172.